The zero-order chi connectivity index (χ0) is 31.9. The molecule has 44 heavy (non-hydrogen) atoms. The van der Waals surface area contributed by atoms with Gasteiger partial charge in [0, 0.05) is 56.8 Å². The molecule has 1 amide bonds. The van der Waals surface area contributed by atoms with Crippen LogP contribution >= 0.6 is 0 Å². The molecule has 4 rings (SSSR count). The van der Waals surface area contributed by atoms with Gasteiger partial charge in [0.25, 0.3) is 0 Å². The molecule has 0 aliphatic rings. The standard InChI is InChI=1S/C30H34F3N9O2/c1-6-29(43)38-23-15-24(26(44-18-30(31,32)33)16-25(23)41(4)14-13-40(2)3)37-28-17-27(34-19-35-28)36-21-10-8-7-9-20(21)22-11-12-42(5)39-22/h6-12,15-17,19H,1,13-14,18H2,2-5H3,(H,38,43)(H2,34,35,36,37). The van der Waals surface area contributed by atoms with E-state index in [0.717, 1.165) is 23.0 Å². The van der Waals surface area contributed by atoms with Gasteiger partial charge in [-0.1, -0.05) is 24.8 Å². The second-order valence-corrected chi connectivity index (χ2v) is 10.1. The maximum absolute atomic E-state index is 13.2. The average Bonchev–Trinajstić information content (AvgIpc) is 3.41. The van der Waals surface area contributed by atoms with Crippen molar-refractivity contribution < 1.29 is 22.7 Å². The Morgan fingerprint density at radius 2 is 1.70 bits per heavy atom. The number of alkyl halides is 3. The fourth-order valence-electron chi connectivity index (χ4n) is 4.16. The van der Waals surface area contributed by atoms with Gasteiger partial charge in [0.15, 0.2) is 6.61 Å². The summed E-state index contributed by atoms with van der Waals surface area (Å²) < 4.78 is 46.6. The van der Waals surface area contributed by atoms with E-state index in [-0.39, 0.29) is 17.3 Å². The van der Waals surface area contributed by atoms with Crippen LogP contribution in [0.2, 0.25) is 0 Å². The fourth-order valence-corrected chi connectivity index (χ4v) is 4.16. The van der Waals surface area contributed by atoms with E-state index in [2.05, 4.69) is 37.6 Å². The molecule has 0 saturated carbocycles. The van der Waals surface area contributed by atoms with E-state index in [4.69, 9.17) is 4.74 Å². The molecule has 2 heterocycles. The van der Waals surface area contributed by atoms with Crippen LogP contribution in [-0.2, 0) is 11.8 Å². The van der Waals surface area contributed by atoms with Gasteiger partial charge in [-0.3, -0.25) is 9.48 Å². The molecule has 0 atom stereocenters. The van der Waals surface area contributed by atoms with Crippen LogP contribution in [0.4, 0.5) is 47.6 Å². The number of hydrogen-bond acceptors (Lipinski definition) is 9. The summed E-state index contributed by atoms with van der Waals surface area (Å²) in [4.78, 5) is 24.6. The first-order valence-electron chi connectivity index (χ1n) is 13.5. The molecule has 0 fully saturated rings. The molecule has 14 heteroatoms. The third kappa shape index (κ3) is 8.70. The number of aromatic nitrogens is 4. The minimum Gasteiger partial charge on any atom is -0.482 e. The normalized spacial score (nSPS) is 11.3. The lowest BCUT2D eigenvalue weighted by atomic mass is 10.1. The Morgan fingerprint density at radius 3 is 2.34 bits per heavy atom. The molecule has 0 saturated heterocycles. The van der Waals surface area contributed by atoms with Crippen molar-refractivity contribution in [3.8, 4) is 17.0 Å². The zero-order valence-corrected chi connectivity index (χ0v) is 24.8. The number of carbonyl (C=O) groups excluding carboxylic acids is 1. The van der Waals surface area contributed by atoms with Gasteiger partial charge in [-0.25, -0.2) is 9.97 Å². The van der Waals surface area contributed by atoms with E-state index in [1.807, 2.05) is 67.5 Å². The number of nitrogens with zero attached hydrogens (tertiary/aromatic N) is 6. The molecule has 11 nitrogen and oxygen atoms in total. The fraction of sp³-hybridized carbons (Fsp3) is 0.267. The van der Waals surface area contributed by atoms with Gasteiger partial charge >= 0.3 is 6.18 Å². The number of likely N-dealkylation sites (N-methyl/N-ethyl adjacent to an activating group) is 2. The van der Waals surface area contributed by atoms with Crippen molar-refractivity contribution in [1.29, 1.82) is 0 Å². The number of nitrogens with one attached hydrogen (secondary N) is 3. The largest absolute Gasteiger partial charge is 0.482 e. The third-order valence-electron chi connectivity index (χ3n) is 6.34. The van der Waals surface area contributed by atoms with Crippen LogP contribution < -0.4 is 25.6 Å². The van der Waals surface area contributed by atoms with Crippen molar-refractivity contribution in [3.05, 3.63) is 73.7 Å². The van der Waals surface area contributed by atoms with Crippen molar-refractivity contribution in [3.63, 3.8) is 0 Å². The summed E-state index contributed by atoms with van der Waals surface area (Å²) in [5.41, 5.74) is 3.30. The number of ether oxygens (including phenoxy) is 1. The molecule has 0 spiro atoms. The Hall–Kier alpha value is -5.11. The monoisotopic (exact) mass is 609 g/mol. The number of rotatable bonds is 13. The summed E-state index contributed by atoms with van der Waals surface area (Å²) in [7, 11) is 7.41. The number of benzene rings is 2. The third-order valence-corrected chi connectivity index (χ3v) is 6.34. The van der Waals surface area contributed by atoms with Gasteiger partial charge < -0.3 is 30.5 Å². The van der Waals surface area contributed by atoms with Crippen molar-refractivity contribution in [2.24, 2.45) is 7.05 Å². The van der Waals surface area contributed by atoms with Crippen LogP contribution in [-0.4, -0.2) is 77.6 Å². The number of amides is 1. The molecule has 2 aromatic carbocycles. The zero-order valence-electron chi connectivity index (χ0n) is 24.8. The summed E-state index contributed by atoms with van der Waals surface area (Å²) in [6, 6.07) is 14.0. The summed E-state index contributed by atoms with van der Waals surface area (Å²) in [6.45, 7) is 3.17. The lowest BCUT2D eigenvalue weighted by Gasteiger charge is -2.26. The molecule has 0 aliphatic heterocycles. The summed E-state index contributed by atoms with van der Waals surface area (Å²) in [5, 5.41) is 13.5. The van der Waals surface area contributed by atoms with Gasteiger partial charge in [0.05, 0.1) is 22.8 Å². The molecule has 4 aromatic rings. The van der Waals surface area contributed by atoms with E-state index >= 15 is 0 Å². The van der Waals surface area contributed by atoms with Gasteiger partial charge in [0.1, 0.15) is 23.7 Å². The molecular weight excluding hydrogens is 575 g/mol. The van der Waals surface area contributed by atoms with Crippen LogP contribution in [0.3, 0.4) is 0 Å². The SMILES string of the molecule is C=CC(=O)Nc1cc(Nc2cc(Nc3ccccc3-c3ccn(C)n3)ncn2)c(OCC(F)(F)F)cc1N(C)CCN(C)C. The molecule has 232 valence electrons. The molecule has 3 N–H and O–H groups in total. The van der Waals surface area contributed by atoms with E-state index in [0.29, 0.717) is 30.3 Å². The molecule has 0 bridgehead atoms. The van der Waals surface area contributed by atoms with Crippen LogP contribution in [0.15, 0.2) is 73.7 Å². The average molecular weight is 610 g/mol. The minimum atomic E-state index is -4.57. The Kier molecular flexibility index (Phi) is 10.1. The smallest absolute Gasteiger partial charge is 0.422 e. The number of para-hydroxylation sites is 1. The predicted octanol–water partition coefficient (Wildman–Crippen LogP) is 5.43. The van der Waals surface area contributed by atoms with E-state index in [1.165, 1.54) is 18.5 Å². The highest BCUT2D eigenvalue weighted by Gasteiger charge is 2.29. The van der Waals surface area contributed by atoms with Gasteiger partial charge in [-0.15, -0.1) is 0 Å². The quantitative estimate of drug-likeness (QED) is 0.171. The molecule has 0 radical (unpaired) electrons. The highest BCUT2D eigenvalue weighted by Crippen LogP contribution is 2.39. The van der Waals surface area contributed by atoms with Crippen LogP contribution in [0.25, 0.3) is 11.3 Å². The maximum atomic E-state index is 13.2. The lowest BCUT2D eigenvalue weighted by molar-refractivity contribution is -0.153. The Bertz CT molecular complexity index is 1600. The van der Waals surface area contributed by atoms with Crippen LogP contribution in [0.1, 0.15) is 0 Å². The number of halogens is 3. The van der Waals surface area contributed by atoms with Crippen molar-refractivity contribution in [2.75, 3.05) is 61.7 Å². The molecule has 0 unspecified atom stereocenters. The first kappa shape index (κ1) is 31.8. The number of aryl methyl sites for hydroxylation is 1. The maximum Gasteiger partial charge on any atom is 0.422 e. The van der Waals surface area contributed by atoms with Crippen molar-refractivity contribution in [1.82, 2.24) is 24.6 Å². The topological polar surface area (TPSA) is 112 Å². The van der Waals surface area contributed by atoms with Crippen molar-refractivity contribution in [2.45, 2.75) is 6.18 Å². The highest BCUT2D eigenvalue weighted by atomic mass is 19.4. The first-order valence-corrected chi connectivity index (χ1v) is 13.5. The molecule has 0 aliphatic carbocycles. The van der Waals surface area contributed by atoms with E-state index < -0.39 is 18.7 Å². The van der Waals surface area contributed by atoms with Gasteiger partial charge in [-0.05, 0) is 38.4 Å². The minimum absolute atomic E-state index is 0.0840. The summed E-state index contributed by atoms with van der Waals surface area (Å²) in [6.07, 6.45) is -0.310. The highest BCUT2D eigenvalue weighted by molar-refractivity contribution is 6.02. The number of anilines is 6. The lowest BCUT2D eigenvalue weighted by Crippen LogP contribution is -2.29. The second kappa shape index (κ2) is 13.9. The van der Waals surface area contributed by atoms with Crippen molar-refractivity contribution >= 4 is 40.3 Å². The second-order valence-electron chi connectivity index (χ2n) is 10.1. The molecule has 2 aromatic heterocycles. The Labute approximate surface area is 253 Å². The Balaban J connectivity index is 1.69. The Morgan fingerprint density at radius 1 is 1.00 bits per heavy atom. The molecular formula is C30H34F3N9O2. The van der Waals surface area contributed by atoms with Gasteiger partial charge in [-0.2, -0.15) is 18.3 Å². The first-order chi connectivity index (χ1) is 20.9. The van der Waals surface area contributed by atoms with E-state index in [9.17, 15) is 18.0 Å². The van der Waals surface area contributed by atoms with Gasteiger partial charge in [0.2, 0.25) is 5.91 Å². The summed E-state index contributed by atoms with van der Waals surface area (Å²) in [5.74, 6) is 0.120. The predicted molar refractivity (Wildman–Crippen MR) is 166 cm³/mol. The number of carbonyl (C=O) groups is 1. The summed E-state index contributed by atoms with van der Waals surface area (Å²) >= 11 is 0. The van der Waals surface area contributed by atoms with Crippen LogP contribution in [0.5, 0.6) is 5.75 Å². The van der Waals surface area contributed by atoms with E-state index in [1.54, 1.807) is 17.8 Å². The number of hydrogen-bond donors (Lipinski definition) is 3. The van der Waals surface area contributed by atoms with Crippen LogP contribution in [0, 0.1) is 0 Å².